The third-order valence-corrected chi connectivity index (χ3v) is 6.93. The van der Waals surface area contributed by atoms with E-state index >= 15 is 0 Å². The molecule has 12 nitrogen and oxygen atoms in total. The Morgan fingerprint density at radius 2 is 1.79 bits per heavy atom. The van der Waals surface area contributed by atoms with Crippen LogP contribution in [0, 0.1) is 17.2 Å². The number of ether oxygens (including phenoxy) is 2. The maximum Gasteiger partial charge on any atom is 0.354 e. The number of benzene rings is 2. The number of carbonyl (C=O) groups excluding carboxylic acids is 2. The zero-order chi connectivity index (χ0) is 28.0. The first kappa shape index (κ1) is 28.3. The van der Waals surface area contributed by atoms with Crippen LogP contribution in [0.15, 0.2) is 48.5 Å². The highest BCUT2D eigenvalue weighted by atomic mass is 16.8. The average Bonchev–Trinajstić information content (AvgIpc) is 2.96. The Morgan fingerprint density at radius 1 is 1.10 bits per heavy atom. The van der Waals surface area contributed by atoms with Crippen LogP contribution in [0.25, 0.3) is 0 Å². The second kappa shape index (κ2) is 12.4. The summed E-state index contributed by atoms with van der Waals surface area (Å²) in [6.45, 7) is 1.13. The zero-order valence-electron chi connectivity index (χ0n) is 21.3. The van der Waals surface area contributed by atoms with Crippen molar-refractivity contribution in [3.63, 3.8) is 0 Å². The monoisotopic (exact) mass is 540 g/mol. The van der Waals surface area contributed by atoms with E-state index in [1.165, 1.54) is 6.07 Å². The van der Waals surface area contributed by atoms with Gasteiger partial charge in [0.2, 0.25) is 11.8 Å². The van der Waals surface area contributed by atoms with Gasteiger partial charge in [0, 0.05) is 37.7 Å². The molecule has 2 heterocycles. The van der Waals surface area contributed by atoms with Crippen molar-refractivity contribution in [2.45, 2.75) is 24.6 Å². The summed E-state index contributed by atoms with van der Waals surface area (Å²) in [7, 11) is 0. The molecule has 0 saturated carbocycles. The molecule has 5 N–H and O–H groups in total. The number of piperazine rings is 1. The lowest BCUT2D eigenvalue weighted by Crippen LogP contribution is -2.62. The summed E-state index contributed by atoms with van der Waals surface area (Å²) >= 11 is 0. The summed E-state index contributed by atoms with van der Waals surface area (Å²) in [4.78, 5) is 29.1. The van der Waals surface area contributed by atoms with Crippen molar-refractivity contribution < 1.29 is 39.5 Å². The molecule has 2 aliphatic heterocycles. The van der Waals surface area contributed by atoms with Gasteiger partial charge in [-0.15, -0.1) is 0 Å². The third-order valence-electron chi connectivity index (χ3n) is 6.93. The normalized spacial score (nSPS) is 25.1. The molecule has 0 aromatic heterocycles. The number of nitriles is 1. The molecule has 0 aliphatic carbocycles. The van der Waals surface area contributed by atoms with Crippen molar-refractivity contribution >= 4 is 17.5 Å². The highest BCUT2D eigenvalue weighted by Crippen LogP contribution is 2.31. The molecule has 2 saturated heterocycles. The number of anilines is 1. The second-order valence-electron chi connectivity index (χ2n) is 9.48. The summed E-state index contributed by atoms with van der Waals surface area (Å²) in [5.41, 5.74) is 1.77. The molecule has 12 heteroatoms. The van der Waals surface area contributed by atoms with Gasteiger partial charge in [0.1, 0.15) is 11.8 Å². The van der Waals surface area contributed by atoms with Crippen LogP contribution in [0.3, 0.4) is 0 Å². The maximum atomic E-state index is 12.7. The third kappa shape index (κ3) is 6.47. The van der Waals surface area contributed by atoms with Crippen LogP contribution >= 0.6 is 0 Å². The zero-order valence-corrected chi connectivity index (χ0v) is 21.3. The van der Waals surface area contributed by atoms with Crippen LogP contribution in [0.5, 0.6) is 5.75 Å². The van der Waals surface area contributed by atoms with Gasteiger partial charge >= 0.3 is 5.97 Å². The number of nitrogens with zero attached hydrogens (tertiary/aromatic N) is 3. The van der Waals surface area contributed by atoms with E-state index < -0.39 is 36.6 Å². The van der Waals surface area contributed by atoms with E-state index in [1.807, 2.05) is 18.2 Å². The molecule has 0 radical (unpaired) electrons. The quantitative estimate of drug-likeness (QED) is 0.260. The lowest BCUT2D eigenvalue weighted by Gasteiger charge is -2.42. The first-order valence-corrected chi connectivity index (χ1v) is 12.6. The molecule has 2 aromatic carbocycles. The standard InChI is InChI=1S/C27H32N4O8/c28-14-19-6-1-3-7-21(19)30-9-11-31(12-10-30)24(34)15-29-23(33)13-18-5-2-4-8-22(18)39-27(37)26(36)25(35)20(16-32)17-38-27/h1-8,20,25-26,32,35-37H,9-13,15-17H2,(H,29,33). The second-order valence-corrected chi connectivity index (χ2v) is 9.48. The molecule has 208 valence electrons. The molecule has 0 bridgehead atoms. The minimum atomic E-state index is -2.58. The minimum Gasteiger partial charge on any atom is -0.437 e. The Morgan fingerprint density at radius 3 is 2.51 bits per heavy atom. The summed E-state index contributed by atoms with van der Waals surface area (Å²) < 4.78 is 10.7. The largest absolute Gasteiger partial charge is 0.437 e. The van der Waals surface area contributed by atoms with Crippen molar-refractivity contribution in [3.05, 3.63) is 59.7 Å². The van der Waals surface area contributed by atoms with Gasteiger partial charge < -0.3 is 45.0 Å². The van der Waals surface area contributed by atoms with E-state index in [4.69, 9.17) is 9.47 Å². The topological polar surface area (TPSA) is 176 Å². The van der Waals surface area contributed by atoms with Crippen molar-refractivity contribution in [1.29, 1.82) is 5.26 Å². The lowest BCUT2D eigenvalue weighted by atomic mass is 9.95. The highest BCUT2D eigenvalue weighted by molar-refractivity contribution is 5.86. The van der Waals surface area contributed by atoms with Gasteiger partial charge in [-0.05, 0) is 18.2 Å². The Bertz CT molecular complexity index is 1210. The van der Waals surface area contributed by atoms with Crippen LogP contribution in [0.1, 0.15) is 11.1 Å². The first-order chi connectivity index (χ1) is 18.8. The van der Waals surface area contributed by atoms with Crippen LogP contribution in [-0.4, -0.2) is 101 Å². The molecule has 2 aromatic rings. The van der Waals surface area contributed by atoms with Crippen molar-refractivity contribution in [3.8, 4) is 11.8 Å². The predicted molar refractivity (Wildman–Crippen MR) is 137 cm³/mol. The molecule has 0 spiro atoms. The fourth-order valence-electron chi connectivity index (χ4n) is 4.60. The summed E-state index contributed by atoms with van der Waals surface area (Å²) in [5.74, 6) is -4.02. The van der Waals surface area contributed by atoms with E-state index in [2.05, 4.69) is 16.3 Å². The molecule has 2 aliphatic rings. The average molecular weight is 541 g/mol. The number of hydrogen-bond donors (Lipinski definition) is 5. The van der Waals surface area contributed by atoms with Crippen molar-refractivity contribution in [2.24, 2.45) is 5.92 Å². The van der Waals surface area contributed by atoms with Crippen LogP contribution in [0.2, 0.25) is 0 Å². The van der Waals surface area contributed by atoms with E-state index in [0.717, 1.165) is 5.69 Å². The molecular formula is C27H32N4O8. The van der Waals surface area contributed by atoms with Crippen LogP contribution in [-0.2, 0) is 20.7 Å². The number of aliphatic hydroxyl groups excluding tert-OH is 3. The van der Waals surface area contributed by atoms with E-state index in [-0.39, 0.29) is 31.2 Å². The van der Waals surface area contributed by atoms with Crippen molar-refractivity contribution in [2.75, 3.05) is 50.8 Å². The summed E-state index contributed by atoms with van der Waals surface area (Å²) in [6.07, 6.45) is -3.54. The summed E-state index contributed by atoms with van der Waals surface area (Å²) in [6, 6.07) is 15.8. The highest BCUT2D eigenvalue weighted by Gasteiger charge is 2.51. The molecule has 4 rings (SSSR count). The van der Waals surface area contributed by atoms with Gasteiger partial charge in [-0.2, -0.15) is 5.26 Å². The number of para-hydroxylation sites is 2. The van der Waals surface area contributed by atoms with E-state index in [0.29, 0.717) is 37.3 Å². The lowest BCUT2D eigenvalue weighted by molar-refractivity contribution is -0.399. The molecule has 2 fully saturated rings. The van der Waals surface area contributed by atoms with Crippen LogP contribution < -0.4 is 15.0 Å². The van der Waals surface area contributed by atoms with Gasteiger partial charge in [-0.25, -0.2) is 0 Å². The Labute approximate surface area is 225 Å². The first-order valence-electron chi connectivity index (χ1n) is 12.6. The molecule has 4 atom stereocenters. The Balaban J connectivity index is 1.29. The van der Waals surface area contributed by atoms with Crippen LogP contribution in [0.4, 0.5) is 5.69 Å². The molecule has 39 heavy (non-hydrogen) atoms. The number of hydrogen-bond acceptors (Lipinski definition) is 10. The van der Waals surface area contributed by atoms with Gasteiger partial charge in [0.05, 0.1) is 43.5 Å². The molecular weight excluding hydrogens is 508 g/mol. The predicted octanol–water partition coefficient (Wildman–Crippen LogP) is -1.05. The van der Waals surface area contributed by atoms with E-state index in [9.17, 15) is 35.3 Å². The molecule has 4 unspecified atom stereocenters. The maximum absolute atomic E-state index is 12.7. The number of carbonyl (C=O) groups is 2. The fourth-order valence-corrected chi connectivity index (χ4v) is 4.60. The van der Waals surface area contributed by atoms with Gasteiger partial charge in [0.15, 0.2) is 6.10 Å². The minimum absolute atomic E-state index is 0.0453. The van der Waals surface area contributed by atoms with E-state index in [1.54, 1.807) is 29.2 Å². The van der Waals surface area contributed by atoms with Gasteiger partial charge in [0.25, 0.3) is 0 Å². The van der Waals surface area contributed by atoms with Gasteiger partial charge in [-0.3, -0.25) is 9.59 Å². The fraction of sp³-hybridized carbons (Fsp3) is 0.444. The number of aliphatic hydroxyl groups is 4. The molecule has 2 amide bonds. The van der Waals surface area contributed by atoms with Gasteiger partial charge in [-0.1, -0.05) is 30.3 Å². The number of rotatable bonds is 8. The van der Waals surface area contributed by atoms with Crippen molar-refractivity contribution in [1.82, 2.24) is 10.2 Å². The summed E-state index contributed by atoms with van der Waals surface area (Å²) in [5, 5.41) is 52.3. The Hall–Kier alpha value is -3.73. The smallest absolute Gasteiger partial charge is 0.354 e. The number of amides is 2. The number of nitrogens with one attached hydrogen (secondary N) is 1. The Kier molecular flexibility index (Phi) is 9.01. The SMILES string of the molecule is N#Cc1ccccc1N1CCN(C(=O)CNC(=O)Cc2ccccc2OC2(O)OCC(CO)C(O)C2O)CC1.